The highest BCUT2D eigenvalue weighted by Crippen LogP contribution is 2.16. The third kappa shape index (κ3) is 2.54. The topological polar surface area (TPSA) is 103 Å². The summed E-state index contributed by atoms with van der Waals surface area (Å²) in [6.07, 6.45) is 4.53. The summed E-state index contributed by atoms with van der Waals surface area (Å²) in [6, 6.07) is 0. The molecule has 2 rings (SSSR count). The molecule has 0 aliphatic carbocycles. The number of nitrogens with one attached hydrogen (secondary N) is 2. The van der Waals surface area contributed by atoms with Crippen molar-refractivity contribution in [2.24, 2.45) is 0 Å². The molecular formula is C10H15N3O4S. The minimum Gasteiger partial charge on any atom is -0.313 e. The molecule has 1 aliphatic rings. The molecule has 0 spiro atoms. The second-order valence-electron chi connectivity index (χ2n) is 4.25. The van der Waals surface area contributed by atoms with Crippen LogP contribution in [0.3, 0.4) is 0 Å². The summed E-state index contributed by atoms with van der Waals surface area (Å²) < 4.78 is 25.8. The average molecular weight is 273 g/mol. The summed E-state index contributed by atoms with van der Waals surface area (Å²) >= 11 is 0. The fourth-order valence-electron chi connectivity index (χ4n) is 2.01. The molecule has 2 N–H and O–H groups in total. The highest BCUT2D eigenvalue weighted by Gasteiger charge is 2.27. The Bertz CT molecular complexity index is 623. The fourth-order valence-corrected chi connectivity index (χ4v) is 3.52. The molecule has 7 nitrogen and oxygen atoms in total. The van der Waals surface area contributed by atoms with Gasteiger partial charge in [-0.2, -0.15) is 4.31 Å². The van der Waals surface area contributed by atoms with Crippen molar-refractivity contribution >= 4 is 10.0 Å². The SMILES string of the molecule is O=c1[nH]cc(S(=O)(=O)N2CCCCCC2)c(=O)[nH]1. The maximum absolute atomic E-state index is 12.3. The van der Waals surface area contributed by atoms with Gasteiger partial charge < -0.3 is 4.98 Å². The summed E-state index contributed by atoms with van der Waals surface area (Å²) in [7, 11) is -3.81. The molecule has 0 radical (unpaired) electrons. The Morgan fingerprint density at radius 1 is 1.06 bits per heavy atom. The van der Waals surface area contributed by atoms with Crippen LogP contribution in [-0.2, 0) is 10.0 Å². The molecule has 0 amide bonds. The quantitative estimate of drug-likeness (QED) is 0.767. The van der Waals surface area contributed by atoms with E-state index in [9.17, 15) is 18.0 Å². The van der Waals surface area contributed by atoms with Crippen LogP contribution in [0.4, 0.5) is 0 Å². The number of aromatic nitrogens is 2. The predicted octanol–water partition coefficient (Wildman–Crippen LogP) is -0.372. The van der Waals surface area contributed by atoms with Crippen LogP contribution in [0.1, 0.15) is 25.7 Å². The van der Waals surface area contributed by atoms with Gasteiger partial charge >= 0.3 is 5.69 Å². The first-order valence-electron chi connectivity index (χ1n) is 5.84. The Labute approximate surface area is 104 Å². The van der Waals surface area contributed by atoms with Gasteiger partial charge in [-0.25, -0.2) is 13.2 Å². The van der Waals surface area contributed by atoms with E-state index in [0.29, 0.717) is 13.1 Å². The zero-order chi connectivity index (χ0) is 13.2. The zero-order valence-corrected chi connectivity index (χ0v) is 10.6. The van der Waals surface area contributed by atoms with Gasteiger partial charge in [-0.15, -0.1) is 0 Å². The van der Waals surface area contributed by atoms with Crippen LogP contribution in [0.25, 0.3) is 0 Å². The van der Waals surface area contributed by atoms with Gasteiger partial charge in [0, 0.05) is 19.3 Å². The molecule has 100 valence electrons. The van der Waals surface area contributed by atoms with Crippen molar-refractivity contribution < 1.29 is 8.42 Å². The second-order valence-corrected chi connectivity index (χ2v) is 6.16. The lowest BCUT2D eigenvalue weighted by Crippen LogP contribution is -2.37. The van der Waals surface area contributed by atoms with Crippen LogP contribution in [0.15, 0.2) is 20.7 Å². The fraction of sp³-hybridized carbons (Fsp3) is 0.600. The van der Waals surface area contributed by atoms with Crippen LogP contribution in [0.5, 0.6) is 0 Å². The van der Waals surface area contributed by atoms with E-state index in [0.717, 1.165) is 31.9 Å². The van der Waals surface area contributed by atoms with Crippen LogP contribution in [0.2, 0.25) is 0 Å². The summed E-state index contributed by atoms with van der Waals surface area (Å²) in [4.78, 5) is 26.1. The van der Waals surface area contributed by atoms with Crippen molar-refractivity contribution in [1.29, 1.82) is 0 Å². The number of aromatic amines is 2. The van der Waals surface area contributed by atoms with Gasteiger partial charge in [-0.3, -0.25) is 9.78 Å². The Morgan fingerprint density at radius 3 is 2.22 bits per heavy atom. The Morgan fingerprint density at radius 2 is 1.67 bits per heavy atom. The molecule has 1 fully saturated rings. The number of rotatable bonds is 2. The standard InChI is InChI=1S/C10H15N3O4S/c14-9-8(7-11-10(15)12-9)18(16,17)13-5-3-1-2-4-6-13/h7H,1-6H2,(H2,11,12,14,15). The highest BCUT2D eigenvalue weighted by atomic mass is 32.2. The van der Waals surface area contributed by atoms with Crippen LogP contribution < -0.4 is 11.2 Å². The smallest absolute Gasteiger partial charge is 0.313 e. The van der Waals surface area contributed by atoms with E-state index in [4.69, 9.17) is 0 Å². The molecule has 2 heterocycles. The molecule has 0 unspecified atom stereocenters. The van der Waals surface area contributed by atoms with E-state index in [-0.39, 0.29) is 0 Å². The highest BCUT2D eigenvalue weighted by molar-refractivity contribution is 7.89. The van der Waals surface area contributed by atoms with Gasteiger partial charge in [0.15, 0.2) is 4.90 Å². The minimum absolute atomic E-state index is 0.399. The first-order chi connectivity index (χ1) is 8.51. The number of sulfonamides is 1. The van der Waals surface area contributed by atoms with E-state index in [1.54, 1.807) is 0 Å². The third-order valence-corrected chi connectivity index (χ3v) is 4.87. The van der Waals surface area contributed by atoms with Gasteiger partial charge in [-0.05, 0) is 12.8 Å². The van der Waals surface area contributed by atoms with Crippen molar-refractivity contribution in [3.05, 3.63) is 27.0 Å². The van der Waals surface area contributed by atoms with Crippen LogP contribution in [0, 0.1) is 0 Å². The molecule has 8 heteroatoms. The van der Waals surface area contributed by atoms with E-state index in [1.807, 2.05) is 4.98 Å². The Kier molecular flexibility index (Phi) is 3.67. The van der Waals surface area contributed by atoms with Gasteiger partial charge in [0.05, 0.1) is 0 Å². The molecular weight excluding hydrogens is 258 g/mol. The largest absolute Gasteiger partial charge is 0.325 e. The first kappa shape index (κ1) is 13.0. The minimum atomic E-state index is -3.81. The number of hydrogen-bond donors (Lipinski definition) is 2. The van der Waals surface area contributed by atoms with Crippen molar-refractivity contribution in [1.82, 2.24) is 14.3 Å². The van der Waals surface area contributed by atoms with E-state index >= 15 is 0 Å². The lowest BCUT2D eigenvalue weighted by Gasteiger charge is -2.18. The molecule has 0 bridgehead atoms. The second kappa shape index (κ2) is 5.07. The molecule has 1 aliphatic heterocycles. The molecule has 1 aromatic heterocycles. The molecule has 1 aromatic rings. The third-order valence-electron chi connectivity index (χ3n) is 2.97. The molecule has 0 saturated carbocycles. The normalized spacial score (nSPS) is 18.4. The van der Waals surface area contributed by atoms with Gasteiger partial charge in [0.2, 0.25) is 10.0 Å². The zero-order valence-electron chi connectivity index (χ0n) is 9.81. The molecule has 18 heavy (non-hydrogen) atoms. The van der Waals surface area contributed by atoms with Crippen molar-refractivity contribution in [3.8, 4) is 0 Å². The summed E-state index contributed by atoms with van der Waals surface area (Å²) in [5.74, 6) is 0. The van der Waals surface area contributed by atoms with Crippen molar-refractivity contribution in [3.63, 3.8) is 0 Å². The summed E-state index contributed by atoms with van der Waals surface area (Å²) in [6.45, 7) is 0.835. The number of hydrogen-bond acceptors (Lipinski definition) is 4. The number of nitrogens with zero attached hydrogens (tertiary/aromatic N) is 1. The van der Waals surface area contributed by atoms with Gasteiger partial charge in [-0.1, -0.05) is 12.8 Å². The lowest BCUT2D eigenvalue weighted by atomic mass is 10.2. The maximum atomic E-state index is 12.3. The maximum Gasteiger partial charge on any atom is 0.325 e. The molecule has 0 atom stereocenters. The van der Waals surface area contributed by atoms with E-state index < -0.39 is 26.2 Å². The molecule has 0 aromatic carbocycles. The van der Waals surface area contributed by atoms with Gasteiger partial charge in [0.25, 0.3) is 5.56 Å². The first-order valence-corrected chi connectivity index (χ1v) is 7.28. The summed E-state index contributed by atoms with van der Waals surface area (Å²) in [5, 5.41) is 0. The Balaban J connectivity index is 2.40. The average Bonchev–Trinajstić information content (AvgIpc) is 2.57. The van der Waals surface area contributed by atoms with Gasteiger partial charge in [0.1, 0.15) is 0 Å². The van der Waals surface area contributed by atoms with Crippen LogP contribution in [-0.4, -0.2) is 35.8 Å². The van der Waals surface area contributed by atoms with Crippen LogP contribution >= 0.6 is 0 Å². The van der Waals surface area contributed by atoms with E-state index in [2.05, 4.69) is 4.98 Å². The molecule has 1 saturated heterocycles. The van der Waals surface area contributed by atoms with Crippen molar-refractivity contribution in [2.75, 3.05) is 13.1 Å². The van der Waals surface area contributed by atoms with E-state index in [1.165, 1.54) is 4.31 Å². The van der Waals surface area contributed by atoms with Crippen molar-refractivity contribution in [2.45, 2.75) is 30.6 Å². The monoisotopic (exact) mass is 273 g/mol. The summed E-state index contributed by atoms with van der Waals surface area (Å²) in [5.41, 5.74) is -1.59. The predicted molar refractivity (Wildman–Crippen MR) is 64.9 cm³/mol. The lowest BCUT2D eigenvalue weighted by molar-refractivity contribution is 0.422. The Hall–Kier alpha value is -1.41. The number of H-pyrrole nitrogens is 2.